The minimum absolute atomic E-state index is 0.0746. The molecule has 4 heteroatoms. The van der Waals surface area contributed by atoms with Gasteiger partial charge in [-0.05, 0) is 12.1 Å². The van der Waals surface area contributed by atoms with Gasteiger partial charge >= 0.3 is 0 Å². The molecule has 64 valence electrons. The van der Waals surface area contributed by atoms with Crippen molar-refractivity contribution in [3.63, 3.8) is 0 Å². The maximum Gasteiger partial charge on any atom is 0.139 e. The first-order chi connectivity index (χ1) is 5.66. The molecule has 0 radical (unpaired) electrons. The maximum atomic E-state index is 10.2. The van der Waals surface area contributed by atoms with Crippen molar-refractivity contribution >= 4 is 29.5 Å². The Morgan fingerprint density at radius 1 is 1.33 bits per heavy atom. The van der Waals surface area contributed by atoms with Crippen LogP contribution in [0.3, 0.4) is 0 Å². The fourth-order valence-corrected chi connectivity index (χ4v) is 1.27. The number of halogens is 2. The number of aldehydes is 1. The van der Waals surface area contributed by atoms with Gasteiger partial charge in [-0.1, -0.05) is 23.2 Å². The zero-order valence-corrected chi connectivity index (χ0v) is 7.56. The Morgan fingerprint density at radius 3 is 2.50 bits per heavy atom. The third kappa shape index (κ3) is 1.71. The molecule has 1 N–H and O–H groups in total. The molecule has 0 aliphatic heterocycles. The molecule has 12 heavy (non-hydrogen) atoms. The number of rotatable bonds is 2. The number of carbonyl (C=O) groups excluding carboxylic acids is 1. The van der Waals surface area contributed by atoms with E-state index >= 15 is 0 Å². The van der Waals surface area contributed by atoms with E-state index in [2.05, 4.69) is 0 Å². The van der Waals surface area contributed by atoms with Gasteiger partial charge in [0.05, 0.1) is 5.02 Å². The quantitative estimate of drug-likeness (QED) is 0.752. The van der Waals surface area contributed by atoms with Crippen LogP contribution in [0.5, 0.6) is 5.75 Å². The van der Waals surface area contributed by atoms with Crippen LogP contribution in [-0.2, 0) is 11.2 Å². The van der Waals surface area contributed by atoms with Gasteiger partial charge in [0.25, 0.3) is 0 Å². The summed E-state index contributed by atoms with van der Waals surface area (Å²) in [7, 11) is 0. The van der Waals surface area contributed by atoms with E-state index in [-0.39, 0.29) is 17.2 Å². The largest absolute Gasteiger partial charge is 0.506 e. The lowest BCUT2D eigenvalue weighted by Gasteiger charge is -2.04. The number of benzene rings is 1. The van der Waals surface area contributed by atoms with Gasteiger partial charge in [0, 0.05) is 17.0 Å². The normalized spacial score (nSPS) is 9.83. The average Bonchev–Trinajstić information content (AvgIpc) is 2.06. The molecular weight excluding hydrogens is 199 g/mol. The van der Waals surface area contributed by atoms with Crippen LogP contribution >= 0.6 is 23.2 Å². The third-order valence-electron chi connectivity index (χ3n) is 1.46. The first-order valence-electron chi connectivity index (χ1n) is 3.26. The second kappa shape index (κ2) is 3.78. The summed E-state index contributed by atoms with van der Waals surface area (Å²) in [4.78, 5) is 10.2. The Hall–Kier alpha value is -0.730. The lowest BCUT2D eigenvalue weighted by molar-refractivity contribution is -0.107. The van der Waals surface area contributed by atoms with Crippen LogP contribution in [0.4, 0.5) is 0 Å². The summed E-state index contributed by atoms with van der Waals surface area (Å²) in [5.74, 6) is -0.115. The second-order valence-electron chi connectivity index (χ2n) is 2.23. The molecule has 0 heterocycles. The van der Waals surface area contributed by atoms with Crippen molar-refractivity contribution in [1.29, 1.82) is 0 Å². The number of hydrogen-bond acceptors (Lipinski definition) is 2. The molecule has 1 rings (SSSR count). The van der Waals surface area contributed by atoms with E-state index in [4.69, 9.17) is 23.2 Å². The van der Waals surface area contributed by atoms with Crippen molar-refractivity contribution in [1.82, 2.24) is 0 Å². The van der Waals surface area contributed by atoms with Gasteiger partial charge in [-0.3, -0.25) is 0 Å². The highest BCUT2D eigenvalue weighted by molar-refractivity contribution is 6.34. The van der Waals surface area contributed by atoms with Crippen molar-refractivity contribution in [2.24, 2.45) is 0 Å². The molecule has 0 fully saturated rings. The van der Waals surface area contributed by atoms with Crippen LogP contribution in [0.1, 0.15) is 5.56 Å². The summed E-state index contributed by atoms with van der Waals surface area (Å²) in [5.41, 5.74) is 0.374. The first kappa shape index (κ1) is 9.36. The van der Waals surface area contributed by atoms with E-state index < -0.39 is 0 Å². The minimum atomic E-state index is -0.115. The second-order valence-corrected chi connectivity index (χ2v) is 3.04. The lowest BCUT2D eigenvalue weighted by atomic mass is 10.1. The first-order valence-corrected chi connectivity index (χ1v) is 4.02. The summed E-state index contributed by atoms with van der Waals surface area (Å²) in [6.45, 7) is 0. The zero-order valence-electron chi connectivity index (χ0n) is 6.05. The molecule has 0 aliphatic rings. The Bertz CT molecular complexity index is 310. The van der Waals surface area contributed by atoms with Gasteiger partial charge in [-0.25, -0.2) is 0 Å². The summed E-state index contributed by atoms with van der Waals surface area (Å²) in [6.07, 6.45) is 0.739. The van der Waals surface area contributed by atoms with Crippen LogP contribution in [0.2, 0.25) is 10.0 Å². The van der Waals surface area contributed by atoms with E-state index in [9.17, 15) is 9.90 Å². The van der Waals surface area contributed by atoms with Gasteiger partial charge in [0.1, 0.15) is 12.0 Å². The average molecular weight is 205 g/mol. The minimum Gasteiger partial charge on any atom is -0.506 e. The van der Waals surface area contributed by atoms with Gasteiger partial charge in [0.2, 0.25) is 0 Å². The van der Waals surface area contributed by atoms with Crippen LogP contribution in [0, 0.1) is 0 Å². The van der Waals surface area contributed by atoms with E-state index in [1.165, 1.54) is 6.07 Å². The van der Waals surface area contributed by atoms with Gasteiger partial charge < -0.3 is 9.90 Å². The van der Waals surface area contributed by atoms with Crippen molar-refractivity contribution in [2.45, 2.75) is 6.42 Å². The smallest absolute Gasteiger partial charge is 0.139 e. The fourth-order valence-electron chi connectivity index (χ4n) is 0.861. The van der Waals surface area contributed by atoms with Crippen LogP contribution in [0.15, 0.2) is 12.1 Å². The number of phenolic OH excluding ortho intramolecular Hbond substituents is 1. The molecule has 0 saturated heterocycles. The molecule has 1 aromatic rings. The molecule has 0 bridgehead atoms. The van der Waals surface area contributed by atoms with E-state index in [0.29, 0.717) is 16.9 Å². The molecule has 0 unspecified atom stereocenters. The van der Waals surface area contributed by atoms with Crippen molar-refractivity contribution in [3.8, 4) is 5.75 Å². The highest BCUT2D eigenvalue weighted by Crippen LogP contribution is 2.32. The van der Waals surface area contributed by atoms with E-state index in [1.807, 2.05) is 0 Å². The number of phenols is 1. The van der Waals surface area contributed by atoms with Crippen LogP contribution in [0.25, 0.3) is 0 Å². The summed E-state index contributed by atoms with van der Waals surface area (Å²) >= 11 is 11.3. The van der Waals surface area contributed by atoms with E-state index in [1.54, 1.807) is 6.07 Å². The molecule has 0 saturated carbocycles. The number of aromatic hydroxyl groups is 1. The molecule has 0 aromatic heterocycles. The predicted molar refractivity (Wildman–Crippen MR) is 47.9 cm³/mol. The molecular formula is C8H6Cl2O2. The van der Waals surface area contributed by atoms with Crippen molar-refractivity contribution in [2.75, 3.05) is 0 Å². The third-order valence-corrected chi connectivity index (χ3v) is 2.12. The van der Waals surface area contributed by atoms with Gasteiger partial charge in [0.15, 0.2) is 0 Å². The Morgan fingerprint density at radius 2 is 1.92 bits per heavy atom. The highest BCUT2D eigenvalue weighted by Gasteiger charge is 2.08. The summed E-state index contributed by atoms with van der Waals surface area (Å²) < 4.78 is 0. The topological polar surface area (TPSA) is 37.3 Å². The molecule has 0 atom stereocenters. The Kier molecular flexibility index (Phi) is 2.95. The monoisotopic (exact) mass is 204 g/mol. The lowest BCUT2D eigenvalue weighted by Crippen LogP contribution is -1.88. The highest BCUT2D eigenvalue weighted by atomic mass is 35.5. The number of hydrogen-bond donors (Lipinski definition) is 1. The molecule has 0 aliphatic carbocycles. The van der Waals surface area contributed by atoms with Gasteiger partial charge in [-0.2, -0.15) is 0 Å². The van der Waals surface area contributed by atoms with Crippen molar-refractivity contribution < 1.29 is 9.90 Å². The molecule has 2 nitrogen and oxygen atoms in total. The maximum absolute atomic E-state index is 10.2. The summed E-state index contributed by atoms with van der Waals surface area (Å²) in [5, 5.41) is 9.89. The SMILES string of the molecule is O=CCc1c(Cl)ccc(Cl)c1O. The van der Waals surface area contributed by atoms with Gasteiger partial charge in [-0.15, -0.1) is 0 Å². The number of carbonyl (C=O) groups is 1. The Labute approximate surface area is 79.7 Å². The molecule has 1 aromatic carbocycles. The predicted octanol–water partition coefficient (Wildman–Crippen LogP) is 2.44. The molecule has 0 amide bonds. The zero-order chi connectivity index (χ0) is 9.14. The van der Waals surface area contributed by atoms with E-state index in [0.717, 1.165) is 0 Å². The van der Waals surface area contributed by atoms with Crippen LogP contribution in [-0.4, -0.2) is 11.4 Å². The summed E-state index contributed by atoms with van der Waals surface area (Å²) in [6, 6.07) is 3.02. The van der Waals surface area contributed by atoms with Crippen LogP contribution < -0.4 is 0 Å². The molecule has 0 spiro atoms. The van der Waals surface area contributed by atoms with Crippen molar-refractivity contribution in [3.05, 3.63) is 27.7 Å². The Balaban J connectivity index is 3.22. The standard InChI is InChI=1S/C8H6Cl2O2/c9-6-1-2-7(10)8(12)5(6)3-4-11/h1-2,4,12H,3H2. The fraction of sp³-hybridized carbons (Fsp3) is 0.125.